The summed E-state index contributed by atoms with van der Waals surface area (Å²) in [5, 5.41) is 7.59. The number of fused-ring (bicyclic) bond motifs is 1. The van der Waals surface area contributed by atoms with Crippen molar-refractivity contribution in [2.45, 2.75) is 23.8 Å². The van der Waals surface area contributed by atoms with E-state index in [1.807, 2.05) is 0 Å². The number of piperidine rings is 1. The quantitative estimate of drug-likeness (QED) is 0.426. The number of nitrogen functional groups attached to an aromatic ring is 1. The summed E-state index contributed by atoms with van der Waals surface area (Å²) in [5.41, 5.74) is 8.04. The van der Waals surface area contributed by atoms with Crippen LogP contribution in [0.1, 0.15) is 12.8 Å². The smallest absolute Gasteiger partial charge is 0.249 e. The number of carbonyl (C=O) groups excluding carboxylic acids is 1. The van der Waals surface area contributed by atoms with Crippen LogP contribution >= 0.6 is 0 Å². The number of amides is 1. The van der Waals surface area contributed by atoms with Gasteiger partial charge in [-0.3, -0.25) is 4.79 Å². The van der Waals surface area contributed by atoms with Crippen LogP contribution in [-0.2, 0) is 14.6 Å². The van der Waals surface area contributed by atoms with Crippen molar-refractivity contribution >= 4 is 43.9 Å². The van der Waals surface area contributed by atoms with Crippen LogP contribution in [0.25, 0.3) is 22.1 Å². The number of halogens is 1. The van der Waals surface area contributed by atoms with Crippen LogP contribution in [0.4, 0.5) is 21.6 Å². The fourth-order valence-corrected chi connectivity index (χ4v) is 5.33. The van der Waals surface area contributed by atoms with Gasteiger partial charge in [0.25, 0.3) is 0 Å². The molecule has 4 aromatic rings. The standard InChI is InChI=1S/C25H23FN4O4S/c1-35(32,33)23-7-3-2-5-17(23)15-8-10-21(19(26)13-15)30-12-4-6-20(25(30)31)28-16-9-11-22-18(14-16)24(27)29-34-22/h2-3,5,7-11,13-14,20,28H,4,6,12H2,1H3,(H2,27,29). The Hall–Kier alpha value is -3.92. The van der Waals surface area contributed by atoms with Gasteiger partial charge in [-0.25, -0.2) is 12.8 Å². The maximum absolute atomic E-state index is 15.3. The second-order valence-corrected chi connectivity index (χ2v) is 10.5. The van der Waals surface area contributed by atoms with E-state index in [2.05, 4.69) is 10.5 Å². The third-order valence-corrected chi connectivity index (χ3v) is 7.27. The molecule has 1 unspecified atom stereocenters. The van der Waals surface area contributed by atoms with Gasteiger partial charge in [0, 0.05) is 24.1 Å². The number of hydrogen-bond acceptors (Lipinski definition) is 7. The number of nitrogens with zero attached hydrogens (tertiary/aromatic N) is 2. The van der Waals surface area contributed by atoms with E-state index in [0.29, 0.717) is 47.2 Å². The van der Waals surface area contributed by atoms with Gasteiger partial charge < -0.3 is 20.5 Å². The van der Waals surface area contributed by atoms with Crippen LogP contribution in [0.2, 0.25) is 0 Å². The molecule has 35 heavy (non-hydrogen) atoms. The summed E-state index contributed by atoms with van der Waals surface area (Å²) in [5.74, 6) is -0.587. The van der Waals surface area contributed by atoms with Gasteiger partial charge in [-0.1, -0.05) is 29.4 Å². The van der Waals surface area contributed by atoms with Gasteiger partial charge in [-0.2, -0.15) is 0 Å². The van der Waals surface area contributed by atoms with Gasteiger partial charge in [0.15, 0.2) is 21.2 Å². The van der Waals surface area contributed by atoms with E-state index >= 15 is 4.39 Å². The summed E-state index contributed by atoms with van der Waals surface area (Å²) in [6.45, 7) is 0.380. The van der Waals surface area contributed by atoms with Crippen LogP contribution in [0.5, 0.6) is 0 Å². The number of aromatic nitrogens is 1. The molecule has 1 aromatic heterocycles. The number of carbonyl (C=O) groups is 1. The van der Waals surface area contributed by atoms with Crippen molar-refractivity contribution in [2.24, 2.45) is 0 Å². The maximum Gasteiger partial charge on any atom is 0.249 e. The summed E-state index contributed by atoms with van der Waals surface area (Å²) in [6, 6.07) is 15.6. The lowest BCUT2D eigenvalue weighted by Crippen LogP contribution is -2.48. The van der Waals surface area contributed by atoms with Crippen LogP contribution in [0.3, 0.4) is 0 Å². The van der Waals surface area contributed by atoms with Crippen LogP contribution in [-0.4, -0.2) is 38.3 Å². The Bertz CT molecular complexity index is 1550. The topological polar surface area (TPSA) is 119 Å². The summed E-state index contributed by atoms with van der Waals surface area (Å²) >= 11 is 0. The van der Waals surface area contributed by atoms with Gasteiger partial charge in [0.2, 0.25) is 5.91 Å². The number of hydrogen-bond donors (Lipinski definition) is 2. The molecule has 10 heteroatoms. The highest BCUT2D eigenvalue weighted by Gasteiger charge is 2.31. The van der Waals surface area contributed by atoms with Gasteiger partial charge in [0.1, 0.15) is 11.9 Å². The average Bonchev–Trinajstić information content (AvgIpc) is 3.20. The van der Waals surface area contributed by atoms with E-state index in [0.717, 1.165) is 6.26 Å². The van der Waals surface area contributed by atoms with Crippen molar-refractivity contribution in [3.63, 3.8) is 0 Å². The molecule has 0 saturated carbocycles. The minimum absolute atomic E-state index is 0.121. The molecule has 2 heterocycles. The monoisotopic (exact) mass is 494 g/mol. The SMILES string of the molecule is CS(=O)(=O)c1ccccc1-c1ccc(N2CCCC(Nc3ccc4onc(N)c4c3)C2=O)c(F)c1. The molecular formula is C25H23FN4O4S. The number of nitrogens with two attached hydrogens (primary N) is 1. The minimum Gasteiger partial charge on any atom is -0.380 e. The summed E-state index contributed by atoms with van der Waals surface area (Å²) < 4.78 is 44.7. The second kappa shape index (κ2) is 8.70. The van der Waals surface area contributed by atoms with Crippen molar-refractivity contribution in [1.82, 2.24) is 5.16 Å². The minimum atomic E-state index is -3.50. The van der Waals surface area contributed by atoms with Gasteiger partial charge in [-0.05, 0) is 54.8 Å². The zero-order valence-electron chi connectivity index (χ0n) is 18.9. The fraction of sp³-hybridized carbons (Fsp3) is 0.200. The molecule has 3 N–H and O–H groups in total. The lowest BCUT2D eigenvalue weighted by Gasteiger charge is -2.33. The van der Waals surface area contributed by atoms with E-state index in [1.165, 1.54) is 23.1 Å². The molecule has 1 aliphatic rings. The molecular weight excluding hydrogens is 471 g/mol. The molecule has 1 atom stereocenters. The molecule has 5 rings (SSSR count). The Morgan fingerprint density at radius 2 is 1.94 bits per heavy atom. The lowest BCUT2D eigenvalue weighted by atomic mass is 10.0. The molecule has 180 valence electrons. The molecule has 8 nitrogen and oxygen atoms in total. The Morgan fingerprint density at radius 3 is 2.71 bits per heavy atom. The molecule has 0 spiro atoms. The van der Waals surface area contributed by atoms with E-state index < -0.39 is 21.7 Å². The van der Waals surface area contributed by atoms with Crippen LogP contribution in [0.15, 0.2) is 70.1 Å². The number of benzene rings is 3. The molecule has 1 saturated heterocycles. The molecule has 0 bridgehead atoms. The predicted octanol–water partition coefficient (Wildman–Crippen LogP) is 4.23. The molecule has 1 aliphatic heterocycles. The third kappa shape index (κ3) is 4.32. The summed E-state index contributed by atoms with van der Waals surface area (Å²) in [6.07, 6.45) is 2.39. The summed E-state index contributed by atoms with van der Waals surface area (Å²) in [7, 11) is -3.50. The molecule has 1 fully saturated rings. The molecule has 1 amide bonds. The highest BCUT2D eigenvalue weighted by Crippen LogP contribution is 2.33. The fourth-order valence-electron chi connectivity index (χ4n) is 4.42. The largest absolute Gasteiger partial charge is 0.380 e. The molecule has 3 aromatic carbocycles. The number of anilines is 3. The number of rotatable bonds is 5. The Kier molecular flexibility index (Phi) is 5.68. The first kappa shape index (κ1) is 22.9. The highest BCUT2D eigenvalue weighted by atomic mass is 32.2. The third-order valence-electron chi connectivity index (χ3n) is 6.11. The van der Waals surface area contributed by atoms with E-state index in [-0.39, 0.29) is 22.3 Å². The zero-order valence-corrected chi connectivity index (χ0v) is 19.7. The van der Waals surface area contributed by atoms with Crippen molar-refractivity contribution in [3.05, 3.63) is 66.5 Å². The molecule has 0 aliphatic carbocycles. The van der Waals surface area contributed by atoms with Crippen LogP contribution < -0.4 is 16.0 Å². The van der Waals surface area contributed by atoms with Crippen molar-refractivity contribution < 1.29 is 22.1 Å². The van der Waals surface area contributed by atoms with Gasteiger partial charge >= 0.3 is 0 Å². The van der Waals surface area contributed by atoms with E-state index in [4.69, 9.17) is 10.3 Å². The average molecular weight is 495 g/mol. The van der Waals surface area contributed by atoms with Gasteiger partial charge in [0.05, 0.1) is 16.0 Å². The van der Waals surface area contributed by atoms with E-state index in [1.54, 1.807) is 42.5 Å². The normalized spacial score (nSPS) is 16.6. The zero-order chi connectivity index (χ0) is 24.7. The number of sulfone groups is 1. The first-order valence-electron chi connectivity index (χ1n) is 11.0. The highest BCUT2D eigenvalue weighted by molar-refractivity contribution is 7.90. The van der Waals surface area contributed by atoms with Crippen molar-refractivity contribution in [1.29, 1.82) is 0 Å². The lowest BCUT2D eigenvalue weighted by molar-refractivity contribution is -0.120. The molecule has 0 radical (unpaired) electrons. The second-order valence-electron chi connectivity index (χ2n) is 8.54. The summed E-state index contributed by atoms with van der Waals surface area (Å²) in [4.78, 5) is 14.8. The predicted molar refractivity (Wildman–Crippen MR) is 132 cm³/mol. The van der Waals surface area contributed by atoms with Gasteiger partial charge in [-0.15, -0.1) is 0 Å². The number of nitrogens with one attached hydrogen (secondary N) is 1. The Labute approximate surface area is 201 Å². The van der Waals surface area contributed by atoms with E-state index in [9.17, 15) is 13.2 Å². The Balaban J connectivity index is 1.41. The van der Waals surface area contributed by atoms with Crippen molar-refractivity contribution in [3.8, 4) is 11.1 Å². The first-order valence-corrected chi connectivity index (χ1v) is 12.9. The van der Waals surface area contributed by atoms with Crippen LogP contribution in [0, 0.1) is 5.82 Å². The van der Waals surface area contributed by atoms with Crippen molar-refractivity contribution in [2.75, 3.05) is 28.8 Å². The first-order chi connectivity index (χ1) is 16.7. The Morgan fingerprint density at radius 1 is 1.14 bits per heavy atom. The maximum atomic E-state index is 15.3.